The summed E-state index contributed by atoms with van der Waals surface area (Å²) in [5.41, 5.74) is 1.66. The third-order valence-corrected chi connectivity index (χ3v) is 8.26. The first-order chi connectivity index (χ1) is 18.0. The zero-order valence-electron chi connectivity index (χ0n) is 21.5. The number of carboxylic acids is 1. The van der Waals surface area contributed by atoms with E-state index in [1.807, 2.05) is 42.5 Å². The molecule has 7 nitrogen and oxygen atoms in total. The Hall–Kier alpha value is -2.81. The van der Waals surface area contributed by atoms with E-state index in [-0.39, 0.29) is 18.3 Å². The molecule has 1 aliphatic heterocycles. The van der Waals surface area contributed by atoms with E-state index in [2.05, 4.69) is 16.0 Å². The maximum absolute atomic E-state index is 11.6. The Morgan fingerprint density at radius 1 is 1.14 bits per heavy atom. The Balaban J connectivity index is 1.34. The second kappa shape index (κ2) is 13.1. The summed E-state index contributed by atoms with van der Waals surface area (Å²) in [5, 5.41) is 21.5. The summed E-state index contributed by atoms with van der Waals surface area (Å²) >= 11 is 1.79. The third-order valence-electron chi connectivity index (χ3n) is 7.28. The quantitative estimate of drug-likeness (QED) is 0.310. The van der Waals surface area contributed by atoms with Gasteiger partial charge in [-0.15, -0.1) is 11.8 Å². The van der Waals surface area contributed by atoms with Gasteiger partial charge >= 0.3 is 5.97 Å². The molecule has 0 aliphatic carbocycles. The number of nitrogens with zero attached hydrogens (tertiary/aromatic N) is 2. The summed E-state index contributed by atoms with van der Waals surface area (Å²) in [7, 11) is 3.30. The molecule has 1 fully saturated rings. The predicted octanol–water partition coefficient (Wildman–Crippen LogP) is 5.27. The van der Waals surface area contributed by atoms with Crippen molar-refractivity contribution in [3.05, 3.63) is 60.3 Å². The highest BCUT2D eigenvalue weighted by atomic mass is 32.2. The first-order valence-corrected chi connectivity index (χ1v) is 13.8. The van der Waals surface area contributed by atoms with Crippen LogP contribution in [0.3, 0.4) is 0 Å². The van der Waals surface area contributed by atoms with Gasteiger partial charge < -0.3 is 24.6 Å². The maximum atomic E-state index is 11.6. The van der Waals surface area contributed by atoms with Crippen molar-refractivity contribution < 1.29 is 24.5 Å². The number of rotatable bonds is 12. The van der Waals surface area contributed by atoms with E-state index in [0.29, 0.717) is 6.42 Å². The maximum Gasteiger partial charge on any atom is 0.303 e. The van der Waals surface area contributed by atoms with Crippen LogP contribution in [0.2, 0.25) is 0 Å². The number of benzene rings is 2. The van der Waals surface area contributed by atoms with Crippen LogP contribution in [-0.2, 0) is 4.79 Å². The van der Waals surface area contributed by atoms with E-state index >= 15 is 0 Å². The number of aromatic nitrogens is 1. The van der Waals surface area contributed by atoms with Crippen LogP contribution in [0.15, 0.2) is 59.6 Å². The molecule has 2 aromatic carbocycles. The second-order valence-electron chi connectivity index (χ2n) is 9.61. The van der Waals surface area contributed by atoms with E-state index in [0.717, 1.165) is 66.2 Å². The van der Waals surface area contributed by atoms with Gasteiger partial charge in [-0.25, -0.2) is 0 Å². The lowest BCUT2D eigenvalue weighted by atomic mass is 9.79. The minimum absolute atomic E-state index is 0.0783. The predicted molar refractivity (Wildman–Crippen MR) is 146 cm³/mol. The van der Waals surface area contributed by atoms with Crippen LogP contribution in [0, 0.1) is 11.8 Å². The molecule has 2 N–H and O–H groups in total. The normalized spacial score (nSPS) is 19.0. The SMILES string of the molecule is COc1cccc(SCCN2CC[C@@H](CC[C@@H](O)c3ccnc4ccc(OC)cc34)[C@@H](CC(=O)O)C2)c1. The number of piperidine rings is 1. The number of likely N-dealkylation sites (tertiary alicyclic amines) is 1. The van der Waals surface area contributed by atoms with E-state index in [1.54, 1.807) is 32.2 Å². The van der Waals surface area contributed by atoms with Crippen molar-refractivity contribution in [1.82, 2.24) is 9.88 Å². The van der Waals surface area contributed by atoms with Crippen molar-refractivity contribution in [1.29, 1.82) is 0 Å². The number of methoxy groups -OCH3 is 2. The third kappa shape index (κ3) is 7.37. The lowest BCUT2D eigenvalue weighted by Gasteiger charge is -2.38. The number of hydrogen-bond donors (Lipinski definition) is 2. The molecule has 4 rings (SSSR count). The molecule has 37 heavy (non-hydrogen) atoms. The second-order valence-corrected chi connectivity index (χ2v) is 10.8. The Bertz CT molecular complexity index is 1190. The fourth-order valence-corrected chi connectivity index (χ4v) is 6.23. The van der Waals surface area contributed by atoms with Gasteiger partial charge in [-0.1, -0.05) is 6.07 Å². The molecule has 2 heterocycles. The van der Waals surface area contributed by atoms with Gasteiger partial charge in [0, 0.05) is 41.7 Å². The van der Waals surface area contributed by atoms with Crippen LogP contribution in [0.5, 0.6) is 11.5 Å². The minimum Gasteiger partial charge on any atom is -0.497 e. The smallest absolute Gasteiger partial charge is 0.303 e. The molecule has 0 spiro atoms. The Kier molecular flexibility index (Phi) is 9.66. The van der Waals surface area contributed by atoms with Crippen LogP contribution in [0.25, 0.3) is 10.9 Å². The van der Waals surface area contributed by atoms with Gasteiger partial charge in [0.25, 0.3) is 0 Å². The summed E-state index contributed by atoms with van der Waals surface area (Å²) in [5.74, 6) is 2.12. The number of aliphatic hydroxyl groups is 1. The number of aliphatic carboxylic acids is 1. The monoisotopic (exact) mass is 524 g/mol. The molecule has 3 aromatic rings. The molecule has 1 aromatic heterocycles. The van der Waals surface area contributed by atoms with Gasteiger partial charge in [0.15, 0.2) is 0 Å². The number of aliphatic hydroxyl groups excluding tert-OH is 1. The van der Waals surface area contributed by atoms with E-state index in [9.17, 15) is 15.0 Å². The summed E-state index contributed by atoms with van der Waals surface area (Å²) < 4.78 is 10.7. The average molecular weight is 525 g/mol. The molecule has 1 aliphatic rings. The fourth-order valence-electron chi connectivity index (χ4n) is 5.27. The van der Waals surface area contributed by atoms with E-state index in [4.69, 9.17) is 9.47 Å². The van der Waals surface area contributed by atoms with E-state index in [1.165, 1.54) is 4.90 Å². The summed E-state index contributed by atoms with van der Waals surface area (Å²) in [6.45, 7) is 2.64. The standard InChI is InChI=1S/C29H36N2O5S/c1-35-22-4-3-5-24(17-22)37-15-14-31-13-11-20(21(19-31)16-29(33)34)6-9-28(32)25-10-12-30-27-8-7-23(36-2)18-26(25)27/h3-5,7-8,10,12,17-18,20-21,28,32H,6,9,11,13-16,19H2,1-2H3,(H,33,34)/t20-,21+,28-/m1/s1. The number of carbonyl (C=O) groups is 1. The molecular weight excluding hydrogens is 488 g/mol. The summed E-state index contributed by atoms with van der Waals surface area (Å²) in [6, 6.07) is 15.6. The Morgan fingerprint density at radius 3 is 2.73 bits per heavy atom. The molecule has 3 atom stereocenters. The van der Waals surface area contributed by atoms with E-state index < -0.39 is 12.1 Å². The van der Waals surface area contributed by atoms with Gasteiger partial charge in [0.2, 0.25) is 0 Å². The van der Waals surface area contributed by atoms with Gasteiger partial charge in [-0.3, -0.25) is 9.78 Å². The van der Waals surface area contributed by atoms with Crippen LogP contribution >= 0.6 is 11.8 Å². The first kappa shape index (κ1) is 27.2. The van der Waals surface area contributed by atoms with Gasteiger partial charge in [0.05, 0.1) is 25.8 Å². The number of fused-ring (bicyclic) bond motifs is 1. The highest BCUT2D eigenvalue weighted by Gasteiger charge is 2.31. The van der Waals surface area contributed by atoms with Gasteiger partial charge in [-0.2, -0.15) is 0 Å². The van der Waals surface area contributed by atoms with Crippen molar-refractivity contribution in [2.75, 3.05) is 39.6 Å². The average Bonchev–Trinajstić information content (AvgIpc) is 2.91. The Morgan fingerprint density at radius 2 is 1.95 bits per heavy atom. The van der Waals surface area contributed by atoms with Crippen molar-refractivity contribution in [3.8, 4) is 11.5 Å². The van der Waals surface area contributed by atoms with Crippen molar-refractivity contribution in [3.63, 3.8) is 0 Å². The Labute approximate surface area is 222 Å². The highest BCUT2D eigenvalue weighted by molar-refractivity contribution is 7.99. The van der Waals surface area contributed by atoms with Crippen LogP contribution in [0.4, 0.5) is 0 Å². The molecule has 0 saturated carbocycles. The molecule has 0 radical (unpaired) electrons. The van der Waals surface area contributed by atoms with Crippen molar-refractivity contribution in [2.45, 2.75) is 36.7 Å². The largest absolute Gasteiger partial charge is 0.497 e. The number of pyridine rings is 1. The molecule has 1 saturated heterocycles. The van der Waals surface area contributed by atoms with Crippen LogP contribution in [0.1, 0.15) is 37.4 Å². The topological polar surface area (TPSA) is 92.1 Å². The summed E-state index contributed by atoms with van der Waals surface area (Å²) in [4.78, 5) is 19.6. The van der Waals surface area contributed by atoms with Crippen LogP contribution < -0.4 is 9.47 Å². The van der Waals surface area contributed by atoms with Crippen molar-refractivity contribution in [2.24, 2.45) is 11.8 Å². The zero-order valence-corrected chi connectivity index (χ0v) is 22.3. The number of ether oxygens (including phenoxy) is 2. The lowest BCUT2D eigenvalue weighted by Crippen LogP contribution is -2.42. The molecule has 0 unspecified atom stereocenters. The molecular formula is C29H36N2O5S. The lowest BCUT2D eigenvalue weighted by molar-refractivity contribution is -0.139. The highest BCUT2D eigenvalue weighted by Crippen LogP contribution is 2.35. The number of thioether (sulfide) groups is 1. The minimum atomic E-state index is -0.754. The zero-order chi connectivity index (χ0) is 26.2. The molecule has 0 bridgehead atoms. The number of carboxylic acid groups (broad SMARTS) is 1. The van der Waals surface area contributed by atoms with Gasteiger partial charge in [-0.05, 0) is 85.7 Å². The fraction of sp³-hybridized carbons (Fsp3) is 0.448. The summed E-state index contributed by atoms with van der Waals surface area (Å²) in [6.07, 6.45) is 3.57. The molecule has 0 amide bonds. The number of hydrogen-bond acceptors (Lipinski definition) is 7. The first-order valence-electron chi connectivity index (χ1n) is 12.8. The van der Waals surface area contributed by atoms with Gasteiger partial charge in [0.1, 0.15) is 11.5 Å². The van der Waals surface area contributed by atoms with Crippen molar-refractivity contribution >= 4 is 28.6 Å². The molecule has 8 heteroatoms. The van der Waals surface area contributed by atoms with Crippen LogP contribution in [-0.4, -0.2) is 65.7 Å². The molecule has 198 valence electrons.